The lowest BCUT2D eigenvalue weighted by atomic mass is 9.79. The molecule has 0 aromatic heterocycles. The zero-order chi connectivity index (χ0) is 26.2. The van der Waals surface area contributed by atoms with E-state index in [0.717, 1.165) is 12.1 Å². The number of phenolic OH excluding ortho intramolecular Hbond substituents is 6. The lowest BCUT2D eigenvalue weighted by Crippen LogP contribution is -2.58. The Balaban J connectivity index is 1.91. The molecule has 0 saturated heterocycles. The maximum Gasteiger partial charge on any atom is 0.338 e. The minimum Gasteiger partial charge on any atom is -0.504 e. The number of hydrogen-bond donors (Lipinski definition) is 9. The normalized spacial score (nSPS) is 23.9. The summed E-state index contributed by atoms with van der Waals surface area (Å²) >= 11 is 0. The topological polar surface area (TPSA) is 252 Å². The Morgan fingerprint density at radius 1 is 0.743 bits per heavy atom. The molecule has 0 aliphatic heterocycles. The minimum absolute atomic E-state index is 0.498. The van der Waals surface area contributed by atoms with E-state index in [1.807, 2.05) is 0 Å². The number of carbonyl (C=O) groups excluding carboxylic acids is 2. The van der Waals surface area contributed by atoms with Crippen LogP contribution in [0.5, 0.6) is 34.5 Å². The number of aliphatic hydroxyl groups excluding tert-OH is 1. The van der Waals surface area contributed by atoms with E-state index in [-0.39, 0.29) is 0 Å². The fourth-order valence-electron chi connectivity index (χ4n) is 3.52. The highest BCUT2D eigenvalue weighted by Gasteiger charge is 2.52. The molecule has 0 unspecified atom stereocenters. The average Bonchev–Trinajstić information content (AvgIpc) is 2.77. The van der Waals surface area contributed by atoms with Crippen LogP contribution in [0, 0.1) is 0 Å². The Morgan fingerprint density at radius 3 is 1.54 bits per heavy atom. The maximum atomic E-state index is 12.6. The van der Waals surface area contributed by atoms with Gasteiger partial charge in [0, 0.05) is 12.8 Å². The number of aromatic hydroxyl groups is 6. The van der Waals surface area contributed by atoms with Crippen molar-refractivity contribution in [1.82, 2.24) is 0 Å². The fraction of sp³-hybridized carbons (Fsp3) is 0.286. The standard InChI is InChI=1S/C21H20O14/c22-9-1-7(2-10(23)15(9)27)18(29)34-14-6-21(33,20(31)32)5-13(26)17(14)35-19(30)8-3-11(24)16(28)12(25)4-8/h1-4,13-14,17,22-28,33H,5-6H2,(H,31,32)/t13-,14-,17-,21+/m1/s1. The largest absolute Gasteiger partial charge is 0.504 e. The van der Waals surface area contributed by atoms with Crippen LogP contribution in [0.2, 0.25) is 0 Å². The van der Waals surface area contributed by atoms with Gasteiger partial charge in [0.05, 0.1) is 17.2 Å². The van der Waals surface area contributed by atoms with Gasteiger partial charge in [0.2, 0.25) is 0 Å². The van der Waals surface area contributed by atoms with Crippen LogP contribution in [0.25, 0.3) is 0 Å². The van der Waals surface area contributed by atoms with Crippen LogP contribution < -0.4 is 0 Å². The molecule has 1 saturated carbocycles. The molecule has 0 heterocycles. The molecule has 0 radical (unpaired) electrons. The van der Waals surface area contributed by atoms with Crippen molar-refractivity contribution in [2.75, 3.05) is 0 Å². The van der Waals surface area contributed by atoms with E-state index in [0.29, 0.717) is 12.1 Å². The first-order valence-electron chi connectivity index (χ1n) is 9.79. The fourth-order valence-corrected chi connectivity index (χ4v) is 3.52. The van der Waals surface area contributed by atoms with Gasteiger partial charge in [-0.25, -0.2) is 14.4 Å². The van der Waals surface area contributed by atoms with E-state index >= 15 is 0 Å². The Morgan fingerprint density at radius 2 is 1.14 bits per heavy atom. The number of esters is 2. The third kappa shape index (κ3) is 4.92. The number of benzene rings is 2. The van der Waals surface area contributed by atoms with Gasteiger partial charge >= 0.3 is 17.9 Å². The molecule has 35 heavy (non-hydrogen) atoms. The Kier molecular flexibility index (Phi) is 6.53. The molecule has 3 rings (SSSR count). The lowest BCUT2D eigenvalue weighted by Gasteiger charge is -2.40. The summed E-state index contributed by atoms with van der Waals surface area (Å²) in [6.45, 7) is 0. The summed E-state index contributed by atoms with van der Waals surface area (Å²) in [5, 5.41) is 87.3. The van der Waals surface area contributed by atoms with Gasteiger partial charge in [-0.15, -0.1) is 0 Å². The molecule has 0 spiro atoms. The van der Waals surface area contributed by atoms with Gasteiger partial charge in [0.1, 0.15) is 6.10 Å². The van der Waals surface area contributed by atoms with Crippen LogP contribution in [0.1, 0.15) is 33.6 Å². The predicted octanol–water partition coefficient (Wildman–Crippen LogP) is -0.358. The molecule has 9 N–H and O–H groups in total. The second-order valence-corrected chi connectivity index (χ2v) is 7.85. The Bertz CT molecular complexity index is 1140. The second kappa shape index (κ2) is 9.08. The van der Waals surface area contributed by atoms with Gasteiger partial charge in [-0.3, -0.25) is 0 Å². The van der Waals surface area contributed by atoms with Crippen molar-refractivity contribution in [3.05, 3.63) is 35.4 Å². The molecule has 14 nitrogen and oxygen atoms in total. The molecule has 1 fully saturated rings. The van der Waals surface area contributed by atoms with Crippen molar-refractivity contribution in [2.45, 2.75) is 36.8 Å². The molecule has 0 bridgehead atoms. The van der Waals surface area contributed by atoms with E-state index in [1.54, 1.807) is 0 Å². The highest BCUT2D eigenvalue weighted by atomic mass is 16.6. The van der Waals surface area contributed by atoms with E-state index in [4.69, 9.17) is 9.47 Å². The lowest BCUT2D eigenvalue weighted by molar-refractivity contribution is -0.187. The summed E-state index contributed by atoms with van der Waals surface area (Å²) in [5.74, 6) is -9.76. The van der Waals surface area contributed by atoms with Crippen LogP contribution in [-0.2, 0) is 14.3 Å². The summed E-state index contributed by atoms with van der Waals surface area (Å²) in [6.07, 6.45) is -7.11. The number of carbonyl (C=O) groups is 3. The van der Waals surface area contributed by atoms with Crippen molar-refractivity contribution >= 4 is 17.9 Å². The van der Waals surface area contributed by atoms with Crippen molar-refractivity contribution in [3.63, 3.8) is 0 Å². The molecule has 1 aliphatic carbocycles. The molecule has 2 aromatic rings. The van der Waals surface area contributed by atoms with E-state index in [1.165, 1.54) is 0 Å². The number of aliphatic carboxylic acids is 1. The molecule has 4 atom stereocenters. The monoisotopic (exact) mass is 496 g/mol. The van der Waals surface area contributed by atoms with Crippen molar-refractivity contribution < 1.29 is 69.8 Å². The number of aliphatic hydroxyl groups is 2. The summed E-state index contributed by atoms with van der Waals surface area (Å²) in [6, 6.07) is 2.87. The molecule has 2 aromatic carbocycles. The van der Waals surface area contributed by atoms with Crippen molar-refractivity contribution in [3.8, 4) is 34.5 Å². The second-order valence-electron chi connectivity index (χ2n) is 7.85. The number of hydrogen-bond acceptors (Lipinski definition) is 13. The third-order valence-electron chi connectivity index (χ3n) is 5.34. The summed E-state index contributed by atoms with van der Waals surface area (Å²) < 4.78 is 10.2. The maximum absolute atomic E-state index is 12.6. The van der Waals surface area contributed by atoms with Crippen LogP contribution in [0.15, 0.2) is 24.3 Å². The first-order valence-corrected chi connectivity index (χ1v) is 9.79. The zero-order valence-corrected chi connectivity index (χ0v) is 17.5. The molecule has 0 amide bonds. The first kappa shape index (κ1) is 25.2. The van der Waals surface area contributed by atoms with Crippen LogP contribution in [0.4, 0.5) is 0 Å². The minimum atomic E-state index is -2.60. The summed E-state index contributed by atoms with van der Waals surface area (Å²) in [7, 11) is 0. The highest BCUT2D eigenvalue weighted by molar-refractivity contribution is 5.92. The van der Waals surface area contributed by atoms with Gasteiger partial charge in [0.25, 0.3) is 0 Å². The Labute approximate surface area is 195 Å². The van der Waals surface area contributed by atoms with Crippen molar-refractivity contribution in [1.29, 1.82) is 0 Å². The van der Waals surface area contributed by atoms with E-state index < -0.39 is 100 Å². The molecular formula is C21H20O14. The molecular weight excluding hydrogens is 476 g/mol. The quantitative estimate of drug-likeness (QED) is 0.189. The van der Waals surface area contributed by atoms with Gasteiger partial charge in [-0.2, -0.15) is 0 Å². The first-order chi connectivity index (χ1) is 16.2. The number of carboxylic acid groups (broad SMARTS) is 1. The highest BCUT2D eigenvalue weighted by Crippen LogP contribution is 2.38. The molecule has 188 valence electrons. The number of ether oxygens (including phenoxy) is 2. The van der Waals surface area contributed by atoms with Crippen LogP contribution >= 0.6 is 0 Å². The number of phenols is 6. The van der Waals surface area contributed by atoms with Crippen LogP contribution in [0.3, 0.4) is 0 Å². The summed E-state index contributed by atoms with van der Waals surface area (Å²) in [4.78, 5) is 36.6. The van der Waals surface area contributed by atoms with E-state index in [2.05, 4.69) is 0 Å². The van der Waals surface area contributed by atoms with E-state index in [9.17, 15) is 60.3 Å². The smallest absolute Gasteiger partial charge is 0.338 e. The summed E-state index contributed by atoms with van der Waals surface area (Å²) in [5.41, 5.74) is -3.61. The van der Waals surface area contributed by atoms with Crippen molar-refractivity contribution in [2.24, 2.45) is 0 Å². The number of carboxylic acids is 1. The molecule has 14 heteroatoms. The number of rotatable bonds is 5. The third-order valence-corrected chi connectivity index (χ3v) is 5.34. The van der Waals surface area contributed by atoms with Gasteiger partial charge < -0.3 is 55.4 Å². The average molecular weight is 496 g/mol. The van der Waals surface area contributed by atoms with Crippen LogP contribution in [-0.4, -0.2) is 87.8 Å². The Hall–Kier alpha value is -4.43. The SMILES string of the molecule is O=C(O[C@@H]1[C@H](O)C[C@@](O)(C(=O)O)C[C@H]1OC(=O)c1cc(O)c(O)c(O)c1)c1cc(O)c(O)c(O)c1. The zero-order valence-electron chi connectivity index (χ0n) is 17.5. The van der Waals surface area contributed by atoms with Gasteiger partial charge in [0.15, 0.2) is 46.2 Å². The van der Waals surface area contributed by atoms with Gasteiger partial charge in [-0.05, 0) is 24.3 Å². The van der Waals surface area contributed by atoms with Gasteiger partial charge in [-0.1, -0.05) is 0 Å². The molecule has 1 aliphatic rings. The predicted molar refractivity (Wildman–Crippen MR) is 109 cm³/mol.